The van der Waals surface area contributed by atoms with Gasteiger partial charge in [-0.2, -0.15) is 8.42 Å². The van der Waals surface area contributed by atoms with Gasteiger partial charge < -0.3 is 20.5 Å². The summed E-state index contributed by atoms with van der Waals surface area (Å²) in [7, 11) is -0.520. The number of methoxy groups -OCH3 is 1. The molecule has 1 amide bonds. The number of likely N-dealkylation sites (N-methyl/N-ethyl adjacent to an activating group) is 1. The van der Waals surface area contributed by atoms with Gasteiger partial charge in [0.2, 0.25) is 0 Å². The first-order valence-electron chi connectivity index (χ1n) is 10.7. The van der Waals surface area contributed by atoms with Crippen LogP contribution in [-0.4, -0.2) is 53.5 Å². The summed E-state index contributed by atoms with van der Waals surface area (Å²) in [6.45, 7) is 6.14. The van der Waals surface area contributed by atoms with E-state index in [-0.39, 0.29) is 18.3 Å². The lowest BCUT2D eigenvalue weighted by atomic mass is 10.2. The van der Waals surface area contributed by atoms with Gasteiger partial charge in [-0.25, -0.2) is 13.5 Å². The fourth-order valence-electron chi connectivity index (χ4n) is 3.39. The Kier molecular flexibility index (Phi) is 9.25. The van der Waals surface area contributed by atoms with Crippen LogP contribution in [0.2, 0.25) is 0 Å². The Bertz CT molecular complexity index is 1080. The number of anilines is 3. The molecule has 9 nitrogen and oxygen atoms in total. The first-order chi connectivity index (χ1) is 15.9. The van der Waals surface area contributed by atoms with Crippen LogP contribution in [0.1, 0.15) is 27.2 Å². The highest BCUT2D eigenvalue weighted by Crippen LogP contribution is 2.45. The van der Waals surface area contributed by atoms with Crippen LogP contribution >= 0.6 is 0 Å². The number of benzene rings is 2. The van der Waals surface area contributed by atoms with Gasteiger partial charge in [-0.1, -0.05) is 24.3 Å². The van der Waals surface area contributed by atoms with Crippen molar-refractivity contribution in [2.45, 2.75) is 38.9 Å². The van der Waals surface area contributed by atoms with E-state index in [4.69, 9.17) is 10.5 Å². The third kappa shape index (κ3) is 6.81. The van der Waals surface area contributed by atoms with Gasteiger partial charge in [0.25, 0.3) is 0 Å². The second-order valence-electron chi connectivity index (χ2n) is 8.52. The van der Waals surface area contributed by atoms with Crippen LogP contribution < -0.4 is 19.7 Å². The van der Waals surface area contributed by atoms with Crippen molar-refractivity contribution in [1.29, 1.82) is 0 Å². The van der Waals surface area contributed by atoms with Crippen molar-refractivity contribution in [3.05, 3.63) is 54.3 Å². The van der Waals surface area contributed by atoms with E-state index in [0.717, 1.165) is 4.31 Å². The Morgan fingerprint density at radius 2 is 1.65 bits per heavy atom. The summed E-state index contributed by atoms with van der Waals surface area (Å²) < 4.78 is 53.0. The number of primary amides is 1. The molecule has 3 N–H and O–H groups in total. The summed E-state index contributed by atoms with van der Waals surface area (Å²) in [5.74, 6) is -0.585. The molecule has 0 aliphatic carbocycles. The Labute approximate surface area is 200 Å². The van der Waals surface area contributed by atoms with Gasteiger partial charge in [-0.3, -0.25) is 4.31 Å². The largest absolute Gasteiger partial charge is 0.444 e. The molecule has 0 bridgehead atoms. The van der Waals surface area contributed by atoms with Crippen molar-refractivity contribution in [1.82, 2.24) is 5.32 Å². The molecule has 0 spiro atoms. The highest BCUT2D eigenvalue weighted by molar-refractivity contribution is 7.95. The van der Waals surface area contributed by atoms with Gasteiger partial charge >= 0.3 is 16.3 Å². The molecule has 0 saturated carbocycles. The molecule has 1 aliphatic rings. The fraction of sp³-hybridized carbons (Fsp3) is 0.435. The van der Waals surface area contributed by atoms with E-state index in [2.05, 4.69) is 10.1 Å². The summed E-state index contributed by atoms with van der Waals surface area (Å²) in [5, 5.41) is 3.02. The van der Waals surface area contributed by atoms with Gasteiger partial charge in [0, 0.05) is 20.2 Å². The third-order valence-corrected chi connectivity index (χ3v) is 6.57. The van der Waals surface area contributed by atoms with Gasteiger partial charge in [0.05, 0.1) is 23.2 Å². The van der Waals surface area contributed by atoms with Crippen LogP contribution in [0.5, 0.6) is 0 Å². The average Bonchev–Trinajstić information content (AvgIpc) is 2.96. The van der Waals surface area contributed by atoms with Crippen molar-refractivity contribution in [3.8, 4) is 0 Å². The number of ether oxygens (including phenoxy) is 2. The minimum absolute atomic E-state index is 0.0148. The number of hydrogen-bond donors (Lipinski definition) is 2. The second kappa shape index (κ2) is 11.5. The highest BCUT2D eigenvalue weighted by atomic mass is 32.2. The van der Waals surface area contributed by atoms with E-state index in [9.17, 15) is 17.6 Å². The summed E-state index contributed by atoms with van der Waals surface area (Å²) in [6.07, 6.45) is -0.335. The lowest BCUT2D eigenvalue weighted by molar-refractivity contribution is 0.0600. The minimum atomic E-state index is -3.93. The van der Waals surface area contributed by atoms with Crippen molar-refractivity contribution < 1.29 is 27.1 Å². The SMILES string of the molecule is CC(C)(C)OC(N)=O.CNC[C@H](CCN1c2ccccc2N(c2ccccc2F)S1(=O)=O)OC. The van der Waals surface area contributed by atoms with E-state index in [1.165, 1.54) is 22.5 Å². The van der Waals surface area contributed by atoms with Crippen LogP contribution in [0.25, 0.3) is 0 Å². The Hall–Kier alpha value is -2.89. The quantitative estimate of drug-likeness (QED) is 0.606. The molecule has 0 unspecified atom stereocenters. The maximum absolute atomic E-state index is 14.3. The number of hydrogen-bond acceptors (Lipinski definition) is 6. The number of rotatable bonds is 7. The molecule has 0 aromatic heterocycles. The summed E-state index contributed by atoms with van der Waals surface area (Å²) in [5.41, 5.74) is 5.26. The first kappa shape index (κ1) is 27.4. The number of halogens is 1. The maximum atomic E-state index is 14.3. The molecule has 0 fully saturated rings. The zero-order chi connectivity index (χ0) is 25.5. The average molecular weight is 497 g/mol. The number of amides is 1. The number of nitrogens with two attached hydrogens (primary N) is 1. The van der Waals surface area contributed by atoms with Gasteiger partial charge in [-0.15, -0.1) is 0 Å². The van der Waals surface area contributed by atoms with Gasteiger partial charge in [0.1, 0.15) is 11.4 Å². The Balaban J connectivity index is 0.000000440. The number of para-hydroxylation sites is 3. The topological polar surface area (TPSA) is 114 Å². The van der Waals surface area contributed by atoms with E-state index in [1.807, 2.05) is 7.05 Å². The molecule has 0 radical (unpaired) electrons. The fourth-order valence-corrected chi connectivity index (χ4v) is 5.13. The summed E-state index contributed by atoms with van der Waals surface area (Å²) in [6, 6.07) is 12.8. The summed E-state index contributed by atoms with van der Waals surface area (Å²) >= 11 is 0. The van der Waals surface area contributed by atoms with Crippen molar-refractivity contribution >= 4 is 33.4 Å². The summed E-state index contributed by atoms with van der Waals surface area (Å²) in [4.78, 5) is 10.0. The number of nitrogens with one attached hydrogen (secondary N) is 1. The highest BCUT2D eigenvalue weighted by Gasteiger charge is 2.42. The van der Waals surface area contributed by atoms with Gasteiger partial charge in [0.15, 0.2) is 0 Å². The molecule has 1 aliphatic heterocycles. The molecule has 34 heavy (non-hydrogen) atoms. The normalized spacial score (nSPS) is 15.2. The lowest BCUT2D eigenvalue weighted by Gasteiger charge is -2.23. The van der Waals surface area contributed by atoms with E-state index in [0.29, 0.717) is 24.3 Å². The van der Waals surface area contributed by atoms with Crippen LogP contribution in [-0.2, 0) is 19.7 Å². The molecule has 2 aromatic rings. The van der Waals surface area contributed by atoms with Gasteiger partial charge in [-0.05, 0) is 58.5 Å². The molecule has 2 aromatic carbocycles. The number of carbonyl (C=O) groups is 1. The van der Waals surface area contributed by atoms with Crippen LogP contribution in [0.4, 0.5) is 26.2 Å². The van der Waals surface area contributed by atoms with E-state index in [1.54, 1.807) is 58.2 Å². The van der Waals surface area contributed by atoms with E-state index < -0.39 is 27.7 Å². The first-order valence-corrected chi connectivity index (χ1v) is 12.1. The monoisotopic (exact) mass is 496 g/mol. The predicted octanol–water partition coefficient (Wildman–Crippen LogP) is 3.53. The maximum Gasteiger partial charge on any atom is 0.405 e. The number of fused-ring (bicyclic) bond motifs is 1. The lowest BCUT2D eigenvalue weighted by Crippen LogP contribution is -2.38. The molecule has 188 valence electrons. The molecule has 11 heteroatoms. The van der Waals surface area contributed by atoms with Crippen LogP contribution in [0, 0.1) is 5.82 Å². The molecular formula is C23H33FN4O5S. The molecular weight excluding hydrogens is 463 g/mol. The van der Waals surface area contributed by atoms with Crippen molar-refractivity contribution in [2.75, 3.05) is 35.9 Å². The van der Waals surface area contributed by atoms with Crippen molar-refractivity contribution in [3.63, 3.8) is 0 Å². The van der Waals surface area contributed by atoms with Crippen LogP contribution in [0.15, 0.2) is 48.5 Å². The van der Waals surface area contributed by atoms with Crippen LogP contribution in [0.3, 0.4) is 0 Å². The standard InChI is InChI=1S/C18H22FN3O3S.C5H11NO2/c1-20-13-14(25-2)11-12-21-17-9-5-6-10-18(17)22(26(21,23)24)16-8-4-3-7-15(16)19;1-5(2,3)8-4(6)7/h3-10,14,20H,11-13H2,1-2H3;1-3H3,(H2,6,7)/t14-;/m0./s1. The smallest absolute Gasteiger partial charge is 0.405 e. The van der Waals surface area contributed by atoms with Crippen molar-refractivity contribution in [2.24, 2.45) is 5.73 Å². The zero-order valence-corrected chi connectivity index (χ0v) is 20.9. The Morgan fingerprint density at radius 1 is 1.09 bits per heavy atom. The Morgan fingerprint density at radius 3 is 2.12 bits per heavy atom. The van der Waals surface area contributed by atoms with E-state index >= 15 is 0 Å². The second-order valence-corrected chi connectivity index (χ2v) is 10.2. The molecule has 1 heterocycles. The molecule has 1 atom stereocenters. The predicted molar refractivity (Wildman–Crippen MR) is 131 cm³/mol. The molecule has 0 saturated heterocycles. The number of carbonyl (C=O) groups excluding carboxylic acids is 1. The third-order valence-electron chi connectivity index (χ3n) is 4.78. The zero-order valence-electron chi connectivity index (χ0n) is 20.1. The number of nitrogens with zero attached hydrogens (tertiary/aromatic N) is 2. The minimum Gasteiger partial charge on any atom is -0.444 e. The molecule has 3 rings (SSSR count).